The van der Waals surface area contributed by atoms with E-state index in [9.17, 15) is 13.6 Å². The Bertz CT molecular complexity index is 261. The maximum Gasteiger partial charge on any atom is 0.323 e. The summed E-state index contributed by atoms with van der Waals surface area (Å²) in [6, 6.07) is 0. The highest BCUT2D eigenvalue weighted by molar-refractivity contribution is 5.78. The van der Waals surface area contributed by atoms with Crippen molar-refractivity contribution < 1.29 is 18.7 Å². The second-order valence-electron chi connectivity index (χ2n) is 5.10. The molecule has 0 spiro atoms. The molecule has 1 fully saturated rings. The average molecular weight is 249 g/mol. The normalized spacial score (nSPS) is 29.5. The van der Waals surface area contributed by atoms with Crippen molar-refractivity contribution in [3.8, 4) is 0 Å². The van der Waals surface area contributed by atoms with Gasteiger partial charge in [-0.05, 0) is 38.6 Å². The summed E-state index contributed by atoms with van der Waals surface area (Å²) in [5, 5.41) is 12.1. The topological polar surface area (TPSA) is 49.3 Å². The zero-order valence-electron chi connectivity index (χ0n) is 10.2. The second kappa shape index (κ2) is 6.28. The fourth-order valence-electron chi connectivity index (χ4n) is 2.44. The molecule has 1 aliphatic heterocycles. The lowest BCUT2D eigenvalue weighted by molar-refractivity contribution is -0.145. The third kappa shape index (κ3) is 4.58. The minimum Gasteiger partial charge on any atom is -0.480 e. The highest BCUT2D eigenvalue weighted by atomic mass is 19.3. The Balaban J connectivity index is 2.28. The maximum absolute atomic E-state index is 11.9. The van der Waals surface area contributed by atoms with Crippen molar-refractivity contribution in [3.05, 3.63) is 0 Å². The van der Waals surface area contributed by atoms with Crippen LogP contribution in [0.2, 0.25) is 0 Å². The quantitative estimate of drug-likeness (QED) is 0.711. The van der Waals surface area contributed by atoms with Crippen molar-refractivity contribution in [1.82, 2.24) is 5.32 Å². The molecule has 2 N–H and O–H groups in total. The van der Waals surface area contributed by atoms with Crippen LogP contribution in [-0.2, 0) is 4.79 Å². The van der Waals surface area contributed by atoms with Crippen molar-refractivity contribution >= 4 is 5.97 Å². The van der Waals surface area contributed by atoms with Crippen LogP contribution in [0.3, 0.4) is 0 Å². The van der Waals surface area contributed by atoms with E-state index in [1.54, 1.807) is 6.92 Å². The number of aliphatic carboxylic acids is 1. The van der Waals surface area contributed by atoms with Crippen LogP contribution in [0.15, 0.2) is 0 Å². The number of hydrogen-bond acceptors (Lipinski definition) is 2. The largest absolute Gasteiger partial charge is 0.480 e. The Morgan fingerprint density at radius 3 is 2.82 bits per heavy atom. The Morgan fingerprint density at radius 1 is 1.53 bits per heavy atom. The molecule has 0 aromatic heterocycles. The van der Waals surface area contributed by atoms with Crippen LogP contribution < -0.4 is 5.32 Å². The maximum atomic E-state index is 11.9. The summed E-state index contributed by atoms with van der Waals surface area (Å²) in [5.74, 6) is -0.482. The van der Waals surface area contributed by atoms with Gasteiger partial charge in [0.15, 0.2) is 0 Å². The third-order valence-electron chi connectivity index (χ3n) is 3.52. The van der Waals surface area contributed by atoms with E-state index in [4.69, 9.17) is 5.11 Å². The number of carboxylic acid groups (broad SMARTS) is 1. The lowest BCUT2D eigenvalue weighted by Gasteiger charge is -2.36. The zero-order chi connectivity index (χ0) is 12.9. The van der Waals surface area contributed by atoms with Crippen LogP contribution >= 0.6 is 0 Å². The molecule has 1 rings (SSSR count). The summed E-state index contributed by atoms with van der Waals surface area (Å²) < 4.78 is 23.9. The predicted octanol–water partition coefficient (Wildman–Crippen LogP) is 2.65. The van der Waals surface area contributed by atoms with E-state index in [1.165, 1.54) is 0 Å². The zero-order valence-corrected chi connectivity index (χ0v) is 10.2. The van der Waals surface area contributed by atoms with Crippen molar-refractivity contribution in [1.29, 1.82) is 0 Å². The Morgan fingerprint density at radius 2 is 2.24 bits per heavy atom. The van der Waals surface area contributed by atoms with Gasteiger partial charge in [0.05, 0.1) is 0 Å². The molecule has 2 unspecified atom stereocenters. The van der Waals surface area contributed by atoms with Crippen molar-refractivity contribution in [2.45, 2.75) is 57.4 Å². The van der Waals surface area contributed by atoms with E-state index < -0.39 is 17.9 Å². The predicted molar refractivity (Wildman–Crippen MR) is 61.2 cm³/mol. The van der Waals surface area contributed by atoms with E-state index in [-0.39, 0.29) is 6.42 Å². The molecule has 0 aromatic rings. The summed E-state index contributed by atoms with van der Waals surface area (Å²) in [4.78, 5) is 11.1. The van der Waals surface area contributed by atoms with Gasteiger partial charge in [-0.3, -0.25) is 4.79 Å². The van der Waals surface area contributed by atoms with E-state index in [2.05, 4.69) is 5.32 Å². The monoisotopic (exact) mass is 249 g/mol. The summed E-state index contributed by atoms with van der Waals surface area (Å²) >= 11 is 0. The van der Waals surface area contributed by atoms with Gasteiger partial charge < -0.3 is 10.4 Å². The van der Waals surface area contributed by atoms with Crippen LogP contribution in [0.5, 0.6) is 0 Å². The number of nitrogens with one attached hydrogen (secondary N) is 1. The highest BCUT2D eigenvalue weighted by Crippen LogP contribution is 2.28. The Labute approximate surface area is 101 Å². The van der Waals surface area contributed by atoms with Crippen LogP contribution in [-0.4, -0.2) is 29.6 Å². The SMILES string of the molecule is CC1(C(=O)O)CC(CCCCC(F)F)CCN1. The van der Waals surface area contributed by atoms with Gasteiger partial charge in [-0.15, -0.1) is 0 Å². The molecule has 0 radical (unpaired) electrons. The molecule has 17 heavy (non-hydrogen) atoms. The number of unbranched alkanes of at least 4 members (excludes halogenated alkanes) is 1. The first-order chi connectivity index (χ1) is 7.94. The van der Waals surface area contributed by atoms with Gasteiger partial charge in [-0.25, -0.2) is 8.78 Å². The number of halogens is 2. The third-order valence-corrected chi connectivity index (χ3v) is 3.52. The number of carbonyl (C=O) groups is 1. The molecule has 0 aliphatic carbocycles. The molecule has 0 bridgehead atoms. The summed E-state index contributed by atoms with van der Waals surface area (Å²) in [6.45, 7) is 2.39. The lowest BCUT2D eigenvalue weighted by Crippen LogP contribution is -2.54. The molecule has 0 amide bonds. The molecule has 1 heterocycles. The summed E-state index contributed by atoms with van der Waals surface area (Å²) in [6.07, 6.45) is 1.44. The van der Waals surface area contributed by atoms with Crippen LogP contribution in [0, 0.1) is 5.92 Å². The van der Waals surface area contributed by atoms with E-state index >= 15 is 0 Å². The molecule has 100 valence electrons. The summed E-state index contributed by atoms with van der Waals surface area (Å²) in [5.41, 5.74) is -0.842. The first-order valence-electron chi connectivity index (χ1n) is 6.20. The van der Waals surface area contributed by atoms with Gasteiger partial charge in [0.25, 0.3) is 0 Å². The second-order valence-corrected chi connectivity index (χ2v) is 5.10. The average Bonchev–Trinajstić information content (AvgIpc) is 2.24. The number of alkyl halides is 2. The van der Waals surface area contributed by atoms with Gasteiger partial charge >= 0.3 is 5.97 Å². The lowest BCUT2D eigenvalue weighted by atomic mass is 9.81. The molecular weight excluding hydrogens is 228 g/mol. The van der Waals surface area contributed by atoms with Crippen LogP contribution in [0.4, 0.5) is 8.78 Å². The van der Waals surface area contributed by atoms with Crippen molar-refractivity contribution in [2.75, 3.05) is 6.54 Å². The molecule has 2 atom stereocenters. The first kappa shape index (κ1) is 14.4. The Hall–Kier alpha value is -0.710. The fraction of sp³-hybridized carbons (Fsp3) is 0.917. The minimum absolute atomic E-state index is 0.0405. The summed E-state index contributed by atoms with van der Waals surface area (Å²) in [7, 11) is 0. The van der Waals surface area contributed by atoms with Gasteiger partial charge in [0, 0.05) is 6.42 Å². The highest BCUT2D eigenvalue weighted by Gasteiger charge is 2.37. The molecule has 5 heteroatoms. The minimum atomic E-state index is -2.22. The standard InChI is InChI=1S/C12H21F2NO2/c1-12(11(16)17)8-9(6-7-15-12)4-2-3-5-10(13)14/h9-10,15H,2-8H2,1H3,(H,16,17). The van der Waals surface area contributed by atoms with Gasteiger partial charge in [-0.1, -0.05) is 12.8 Å². The molecule has 1 saturated heterocycles. The molecule has 0 aromatic carbocycles. The smallest absolute Gasteiger partial charge is 0.323 e. The van der Waals surface area contributed by atoms with Crippen molar-refractivity contribution in [3.63, 3.8) is 0 Å². The van der Waals surface area contributed by atoms with Crippen LogP contribution in [0.1, 0.15) is 45.4 Å². The first-order valence-corrected chi connectivity index (χ1v) is 6.20. The van der Waals surface area contributed by atoms with E-state index in [0.29, 0.717) is 25.3 Å². The van der Waals surface area contributed by atoms with Gasteiger partial charge in [-0.2, -0.15) is 0 Å². The number of piperidine rings is 1. The molecule has 0 saturated carbocycles. The fourth-order valence-corrected chi connectivity index (χ4v) is 2.44. The number of carboxylic acids is 1. The van der Waals surface area contributed by atoms with Gasteiger partial charge in [0.2, 0.25) is 6.43 Å². The van der Waals surface area contributed by atoms with Gasteiger partial charge in [0.1, 0.15) is 5.54 Å². The van der Waals surface area contributed by atoms with Crippen molar-refractivity contribution in [2.24, 2.45) is 5.92 Å². The Kier molecular flexibility index (Phi) is 5.31. The molecular formula is C12H21F2NO2. The number of rotatable bonds is 6. The van der Waals surface area contributed by atoms with E-state index in [1.807, 2.05) is 0 Å². The van der Waals surface area contributed by atoms with Crippen LogP contribution in [0.25, 0.3) is 0 Å². The molecule has 3 nitrogen and oxygen atoms in total. The van der Waals surface area contributed by atoms with E-state index in [0.717, 1.165) is 19.3 Å². The number of hydrogen-bond donors (Lipinski definition) is 2. The molecule has 1 aliphatic rings.